The number of fused-ring (bicyclic) bond motifs is 5. The van der Waals surface area contributed by atoms with Crippen molar-refractivity contribution in [2.75, 3.05) is 6.61 Å². The summed E-state index contributed by atoms with van der Waals surface area (Å²) in [6.45, 7) is 4.91. The molecule has 0 radical (unpaired) electrons. The third-order valence-corrected chi connectivity index (χ3v) is 11.7. The average Bonchev–Trinajstić information content (AvgIpc) is 3.50. The van der Waals surface area contributed by atoms with Crippen molar-refractivity contribution in [1.82, 2.24) is 0 Å². The molecule has 1 aromatic rings. The van der Waals surface area contributed by atoms with Crippen LogP contribution in [0.15, 0.2) is 22.8 Å². The van der Waals surface area contributed by atoms with Gasteiger partial charge in [0.25, 0.3) is 0 Å². The molecule has 1 aromatic heterocycles. The summed E-state index contributed by atoms with van der Waals surface area (Å²) >= 11 is 0. The fourth-order valence-electron chi connectivity index (χ4n) is 9.60. The number of carbonyl (C=O) groups excluding carboxylic acids is 1. The van der Waals surface area contributed by atoms with E-state index in [9.17, 15) is 9.90 Å². The Morgan fingerprint density at radius 3 is 2.35 bits per heavy atom. The molecule has 0 saturated heterocycles. The van der Waals surface area contributed by atoms with E-state index >= 15 is 0 Å². The normalized spacial score (nSPS) is 33.8. The molecule has 4 heteroatoms. The van der Waals surface area contributed by atoms with Crippen molar-refractivity contribution in [1.29, 1.82) is 0 Å². The minimum absolute atomic E-state index is 0.107. The summed E-state index contributed by atoms with van der Waals surface area (Å²) in [5.41, 5.74) is 0.784. The number of esters is 1. The topological polar surface area (TPSA) is 59.7 Å². The summed E-state index contributed by atoms with van der Waals surface area (Å²) in [7, 11) is 0. The summed E-state index contributed by atoms with van der Waals surface area (Å²) in [5, 5.41) is 11.8. The highest BCUT2D eigenvalue weighted by atomic mass is 16.5. The molecule has 40 heavy (non-hydrogen) atoms. The number of unbranched alkanes of at least 4 members (excludes halogenated alkanes) is 12. The van der Waals surface area contributed by atoms with Gasteiger partial charge in [-0.05, 0) is 85.7 Å². The van der Waals surface area contributed by atoms with Gasteiger partial charge in [-0.1, -0.05) is 97.0 Å². The Hall–Kier alpha value is -1.55. The lowest BCUT2D eigenvalue weighted by Crippen LogP contribution is -2.49. The molecule has 1 N–H and O–H groups in total. The van der Waals surface area contributed by atoms with Gasteiger partial charge in [0.1, 0.15) is 18.0 Å². The van der Waals surface area contributed by atoms with Gasteiger partial charge in [0, 0.05) is 12.0 Å². The summed E-state index contributed by atoms with van der Waals surface area (Å²) < 4.78 is 11.5. The molecule has 2 unspecified atom stereocenters. The lowest BCUT2D eigenvalue weighted by atomic mass is 9.46. The predicted molar refractivity (Wildman–Crippen MR) is 162 cm³/mol. The van der Waals surface area contributed by atoms with Crippen LogP contribution in [0.3, 0.4) is 0 Å². The van der Waals surface area contributed by atoms with Crippen LogP contribution >= 0.6 is 0 Å². The van der Waals surface area contributed by atoms with Crippen LogP contribution in [0, 0.1) is 22.7 Å². The summed E-state index contributed by atoms with van der Waals surface area (Å²) in [6, 6.07) is 2.17. The Bertz CT molecular complexity index is 995. The molecule has 0 aliphatic heterocycles. The molecule has 4 aliphatic carbocycles. The van der Waals surface area contributed by atoms with E-state index in [-0.39, 0.29) is 29.3 Å². The number of aliphatic hydroxyl groups is 1. The fraction of sp³-hybridized carbons (Fsp3) is 0.806. The van der Waals surface area contributed by atoms with Gasteiger partial charge in [-0.25, -0.2) is 0 Å². The van der Waals surface area contributed by atoms with Gasteiger partial charge in [-0.2, -0.15) is 0 Å². The van der Waals surface area contributed by atoms with E-state index < -0.39 is 5.60 Å². The Balaban J connectivity index is 0.995. The highest BCUT2D eigenvalue weighted by molar-refractivity contribution is 5.69. The molecule has 1 spiro atoms. The average molecular weight is 553 g/mol. The SMILES string of the molecule is CCCCCCCCCCCCCCCC(=O)OC[C@]1(O)C[C@@]23CCC4c5ccoc5C=C[C@@]4(C)C2CC[C@H]1C3. The van der Waals surface area contributed by atoms with Crippen molar-refractivity contribution in [3.05, 3.63) is 29.7 Å². The van der Waals surface area contributed by atoms with Crippen molar-refractivity contribution in [3.8, 4) is 0 Å². The van der Waals surface area contributed by atoms with Crippen LogP contribution in [0.25, 0.3) is 6.08 Å². The molecule has 1 heterocycles. The van der Waals surface area contributed by atoms with E-state index in [2.05, 4.69) is 32.1 Å². The van der Waals surface area contributed by atoms with Gasteiger partial charge in [-0.3, -0.25) is 4.79 Å². The zero-order valence-corrected chi connectivity index (χ0v) is 25.6. The molecular formula is C36H56O4. The highest BCUT2D eigenvalue weighted by Crippen LogP contribution is 2.71. The van der Waals surface area contributed by atoms with E-state index in [1.54, 1.807) is 0 Å². The molecule has 0 aromatic carbocycles. The van der Waals surface area contributed by atoms with Crippen LogP contribution in [0.4, 0.5) is 0 Å². The second kappa shape index (κ2) is 13.2. The number of ether oxygens (including phenoxy) is 1. The first-order valence-electron chi connectivity index (χ1n) is 17.0. The first-order chi connectivity index (χ1) is 19.4. The molecule has 3 fully saturated rings. The Kier molecular flexibility index (Phi) is 9.86. The third kappa shape index (κ3) is 6.27. The molecule has 5 rings (SSSR count). The largest absolute Gasteiger partial charge is 0.465 e. The Morgan fingerprint density at radius 1 is 0.975 bits per heavy atom. The van der Waals surface area contributed by atoms with Gasteiger partial charge in [0.15, 0.2) is 0 Å². The van der Waals surface area contributed by atoms with E-state index in [4.69, 9.17) is 9.15 Å². The van der Waals surface area contributed by atoms with Gasteiger partial charge >= 0.3 is 5.97 Å². The number of carbonyl (C=O) groups is 1. The third-order valence-electron chi connectivity index (χ3n) is 11.7. The summed E-state index contributed by atoms with van der Waals surface area (Å²) in [4.78, 5) is 12.6. The lowest BCUT2D eigenvalue weighted by Gasteiger charge is -2.58. The maximum absolute atomic E-state index is 12.6. The van der Waals surface area contributed by atoms with Crippen molar-refractivity contribution in [3.63, 3.8) is 0 Å². The van der Waals surface area contributed by atoms with Crippen LogP contribution in [0.2, 0.25) is 0 Å². The highest BCUT2D eigenvalue weighted by Gasteiger charge is 2.65. The minimum Gasteiger partial charge on any atom is -0.465 e. The van der Waals surface area contributed by atoms with Crippen LogP contribution in [-0.4, -0.2) is 23.3 Å². The zero-order chi connectivity index (χ0) is 28.1. The van der Waals surface area contributed by atoms with Crippen molar-refractivity contribution in [2.45, 2.75) is 154 Å². The predicted octanol–water partition coefficient (Wildman–Crippen LogP) is 9.75. The van der Waals surface area contributed by atoms with E-state index in [1.165, 1.54) is 76.2 Å². The molecule has 224 valence electrons. The second-order valence-electron chi connectivity index (χ2n) is 14.4. The summed E-state index contributed by atoms with van der Waals surface area (Å²) in [6.07, 6.45) is 30.2. The maximum Gasteiger partial charge on any atom is 0.305 e. The smallest absolute Gasteiger partial charge is 0.305 e. The van der Waals surface area contributed by atoms with Crippen LogP contribution in [0.1, 0.15) is 160 Å². The second-order valence-corrected chi connectivity index (χ2v) is 14.4. The van der Waals surface area contributed by atoms with Crippen LogP contribution in [-0.2, 0) is 9.53 Å². The molecule has 2 bridgehead atoms. The van der Waals surface area contributed by atoms with Crippen LogP contribution < -0.4 is 0 Å². The monoisotopic (exact) mass is 552 g/mol. The van der Waals surface area contributed by atoms with Gasteiger partial charge < -0.3 is 14.3 Å². The number of hydrogen-bond acceptors (Lipinski definition) is 4. The van der Waals surface area contributed by atoms with Crippen molar-refractivity contribution < 1.29 is 19.1 Å². The molecule has 4 nitrogen and oxygen atoms in total. The lowest BCUT2D eigenvalue weighted by molar-refractivity contribution is -0.154. The number of hydrogen-bond donors (Lipinski definition) is 1. The van der Waals surface area contributed by atoms with E-state index in [1.807, 2.05) is 6.26 Å². The van der Waals surface area contributed by atoms with Gasteiger partial charge in [-0.15, -0.1) is 0 Å². The molecule has 4 aliphatic rings. The molecular weight excluding hydrogens is 496 g/mol. The maximum atomic E-state index is 12.6. The Labute approximate surface area is 243 Å². The molecule has 6 atom stereocenters. The van der Waals surface area contributed by atoms with E-state index in [0.717, 1.165) is 57.1 Å². The number of allylic oxidation sites excluding steroid dienone is 1. The first kappa shape index (κ1) is 29.9. The quantitative estimate of drug-likeness (QED) is 0.164. The van der Waals surface area contributed by atoms with Gasteiger partial charge in [0.05, 0.1) is 6.26 Å². The van der Waals surface area contributed by atoms with Crippen molar-refractivity contribution >= 4 is 12.0 Å². The fourth-order valence-corrected chi connectivity index (χ4v) is 9.60. The van der Waals surface area contributed by atoms with Gasteiger partial charge in [0.2, 0.25) is 0 Å². The van der Waals surface area contributed by atoms with E-state index in [0.29, 0.717) is 18.3 Å². The standard InChI is InChI=1S/C36H56O4/c1-3-4-5-6-7-8-9-10-11-12-13-14-15-16-33(37)40-27-36(38)26-35-23-19-30-29-21-24-39-31(29)20-22-34(30,2)32(35)18-17-28(36)25-35/h20-22,24,28,30,32,38H,3-19,23,25-27H2,1-2H3/t28-,30?,32?,34+,35-,36+/m0/s1. The first-order valence-corrected chi connectivity index (χ1v) is 17.0. The molecule has 0 amide bonds. The Morgan fingerprint density at radius 2 is 1.65 bits per heavy atom. The number of furan rings is 1. The number of rotatable bonds is 16. The molecule has 3 saturated carbocycles. The minimum atomic E-state index is -0.858. The van der Waals surface area contributed by atoms with Crippen molar-refractivity contribution in [2.24, 2.45) is 22.7 Å². The zero-order valence-electron chi connectivity index (χ0n) is 25.6. The summed E-state index contributed by atoms with van der Waals surface area (Å²) in [5.74, 6) is 2.23. The van der Waals surface area contributed by atoms with Crippen LogP contribution in [0.5, 0.6) is 0 Å².